The average molecular weight is 194 g/mol. The highest BCUT2D eigenvalue weighted by atomic mass is 32.2. The molecular formula is C11H16NS+. The lowest BCUT2D eigenvalue weighted by Crippen LogP contribution is -2.39. The van der Waals surface area contributed by atoms with Gasteiger partial charge in [0.25, 0.3) is 0 Å². The Balaban J connectivity index is 2.34. The fourth-order valence-electron chi connectivity index (χ4n) is 1.72. The molecule has 0 atom stereocenters. The molecule has 0 bridgehead atoms. The Morgan fingerprint density at radius 1 is 1.23 bits per heavy atom. The van der Waals surface area contributed by atoms with Gasteiger partial charge in [0.15, 0.2) is 0 Å². The van der Waals surface area contributed by atoms with E-state index in [9.17, 15) is 0 Å². The molecule has 13 heavy (non-hydrogen) atoms. The minimum atomic E-state index is 1.12. The van der Waals surface area contributed by atoms with Crippen LogP contribution in [0.5, 0.6) is 0 Å². The van der Waals surface area contributed by atoms with Crippen molar-refractivity contribution in [3.05, 3.63) is 29.8 Å². The molecule has 1 aliphatic heterocycles. The molecule has 1 heterocycles. The van der Waals surface area contributed by atoms with Gasteiger partial charge in [-0.3, -0.25) is 0 Å². The zero-order chi connectivity index (χ0) is 9.31. The van der Waals surface area contributed by atoms with E-state index >= 15 is 0 Å². The lowest BCUT2D eigenvalue weighted by molar-refractivity contribution is -0.901. The molecule has 0 fully saturated rings. The van der Waals surface area contributed by atoms with Crippen molar-refractivity contribution < 1.29 is 4.48 Å². The van der Waals surface area contributed by atoms with Crippen LogP contribution in [0.1, 0.15) is 5.56 Å². The summed E-state index contributed by atoms with van der Waals surface area (Å²) < 4.78 is 1.12. The number of benzene rings is 1. The Kier molecular flexibility index (Phi) is 2.35. The first kappa shape index (κ1) is 9.10. The van der Waals surface area contributed by atoms with E-state index < -0.39 is 0 Å². The molecule has 1 aromatic carbocycles. The predicted octanol–water partition coefficient (Wildman–Crippen LogP) is 2.37. The highest BCUT2D eigenvalue weighted by Crippen LogP contribution is 2.28. The SMILES string of the molecule is C[N+]1(C)CCSc2ccccc2C1. The van der Waals surface area contributed by atoms with Crippen molar-refractivity contribution in [1.82, 2.24) is 0 Å². The van der Waals surface area contributed by atoms with Crippen molar-refractivity contribution in [3.8, 4) is 0 Å². The van der Waals surface area contributed by atoms with Gasteiger partial charge < -0.3 is 4.48 Å². The van der Waals surface area contributed by atoms with Crippen LogP contribution in [0.25, 0.3) is 0 Å². The molecule has 1 nitrogen and oxygen atoms in total. The van der Waals surface area contributed by atoms with Crippen LogP contribution < -0.4 is 0 Å². The molecule has 1 aliphatic rings. The largest absolute Gasteiger partial charge is 0.324 e. The molecule has 2 rings (SSSR count). The molecule has 1 aromatic rings. The van der Waals surface area contributed by atoms with Crippen molar-refractivity contribution in [3.63, 3.8) is 0 Å². The highest BCUT2D eigenvalue weighted by molar-refractivity contribution is 7.99. The smallest absolute Gasteiger partial charge is 0.105 e. The van der Waals surface area contributed by atoms with Gasteiger partial charge in [-0.05, 0) is 6.07 Å². The molecule has 0 unspecified atom stereocenters. The first-order valence-corrected chi connectivity index (χ1v) is 5.69. The predicted molar refractivity (Wildman–Crippen MR) is 57.8 cm³/mol. The molecule has 0 radical (unpaired) electrons. The summed E-state index contributed by atoms with van der Waals surface area (Å²) in [6.07, 6.45) is 0. The second-order valence-corrected chi connectivity index (χ2v) is 5.41. The van der Waals surface area contributed by atoms with Gasteiger partial charge in [-0.1, -0.05) is 18.2 Å². The van der Waals surface area contributed by atoms with Crippen molar-refractivity contribution in [2.24, 2.45) is 0 Å². The lowest BCUT2D eigenvalue weighted by Gasteiger charge is -2.27. The van der Waals surface area contributed by atoms with Crippen LogP contribution in [0.15, 0.2) is 29.2 Å². The van der Waals surface area contributed by atoms with E-state index in [1.54, 1.807) is 0 Å². The number of nitrogens with zero attached hydrogens (tertiary/aromatic N) is 1. The lowest BCUT2D eigenvalue weighted by atomic mass is 10.2. The van der Waals surface area contributed by atoms with E-state index in [0.29, 0.717) is 0 Å². The maximum atomic E-state index is 2.31. The monoisotopic (exact) mass is 194 g/mol. The van der Waals surface area contributed by atoms with Gasteiger partial charge in [0.2, 0.25) is 0 Å². The molecule has 0 saturated heterocycles. The van der Waals surface area contributed by atoms with Gasteiger partial charge in [-0.2, -0.15) is 0 Å². The number of hydrogen-bond acceptors (Lipinski definition) is 1. The fraction of sp³-hybridized carbons (Fsp3) is 0.455. The van der Waals surface area contributed by atoms with Gasteiger partial charge in [0, 0.05) is 16.2 Å². The van der Waals surface area contributed by atoms with E-state index in [1.165, 1.54) is 29.3 Å². The van der Waals surface area contributed by atoms with Crippen LogP contribution in [0.2, 0.25) is 0 Å². The van der Waals surface area contributed by atoms with Gasteiger partial charge >= 0.3 is 0 Å². The number of quaternary nitrogens is 1. The Bertz CT molecular complexity index is 307. The summed E-state index contributed by atoms with van der Waals surface area (Å²) in [6.45, 7) is 2.43. The summed E-state index contributed by atoms with van der Waals surface area (Å²) in [6, 6.07) is 8.78. The van der Waals surface area contributed by atoms with Crippen LogP contribution in [-0.4, -0.2) is 30.9 Å². The minimum absolute atomic E-state index is 1.12. The Morgan fingerprint density at radius 2 is 2.00 bits per heavy atom. The number of thioether (sulfide) groups is 1. The fourth-order valence-corrected chi connectivity index (χ4v) is 3.02. The van der Waals surface area contributed by atoms with Crippen LogP contribution >= 0.6 is 11.8 Å². The standard InChI is InChI=1S/C11H16NS/c1-12(2)7-8-13-11-6-4-3-5-10(11)9-12/h3-6H,7-9H2,1-2H3/q+1. The van der Waals surface area contributed by atoms with Crippen LogP contribution in [0.3, 0.4) is 0 Å². The maximum absolute atomic E-state index is 2.31. The summed E-state index contributed by atoms with van der Waals surface area (Å²) >= 11 is 2.00. The van der Waals surface area contributed by atoms with Crippen molar-refractivity contribution >= 4 is 11.8 Å². The van der Waals surface area contributed by atoms with Gasteiger partial charge in [0.05, 0.1) is 20.6 Å². The molecule has 0 aliphatic carbocycles. The minimum Gasteiger partial charge on any atom is -0.324 e. The summed E-state index contributed by atoms with van der Waals surface area (Å²) in [5.41, 5.74) is 1.51. The Morgan fingerprint density at radius 3 is 2.85 bits per heavy atom. The molecule has 0 N–H and O–H groups in total. The first-order valence-electron chi connectivity index (χ1n) is 4.70. The zero-order valence-electron chi connectivity index (χ0n) is 8.29. The first-order chi connectivity index (χ1) is 6.17. The van der Waals surface area contributed by atoms with E-state index in [2.05, 4.69) is 38.4 Å². The second-order valence-electron chi connectivity index (χ2n) is 4.27. The van der Waals surface area contributed by atoms with Crippen molar-refractivity contribution in [2.45, 2.75) is 11.4 Å². The van der Waals surface area contributed by atoms with E-state index in [0.717, 1.165) is 4.48 Å². The summed E-state index contributed by atoms with van der Waals surface area (Å²) in [7, 11) is 4.62. The van der Waals surface area contributed by atoms with Crippen LogP contribution in [0, 0.1) is 0 Å². The van der Waals surface area contributed by atoms with Crippen LogP contribution in [0.4, 0.5) is 0 Å². The third kappa shape index (κ3) is 2.06. The Labute approximate surface area is 84.3 Å². The molecule has 2 heteroatoms. The zero-order valence-corrected chi connectivity index (χ0v) is 9.10. The number of rotatable bonds is 0. The average Bonchev–Trinajstić information content (AvgIpc) is 2.21. The number of fused-ring (bicyclic) bond motifs is 1. The normalized spacial score (nSPS) is 20.5. The molecule has 0 aromatic heterocycles. The highest BCUT2D eigenvalue weighted by Gasteiger charge is 2.21. The van der Waals surface area contributed by atoms with Crippen molar-refractivity contribution in [2.75, 3.05) is 26.4 Å². The Hall–Kier alpha value is -0.470. The topological polar surface area (TPSA) is 0 Å². The summed E-state index contributed by atoms with van der Waals surface area (Å²) in [5, 5.41) is 0. The molecule has 0 spiro atoms. The maximum Gasteiger partial charge on any atom is 0.105 e. The summed E-state index contributed by atoms with van der Waals surface area (Å²) in [5.74, 6) is 1.24. The van der Waals surface area contributed by atoms with Gasteiger partial charge in [0.1, 0.15) is 6.54 Å². The van der Waals surface area contributed by atoms with E-state index in [-0.39, 0.29) is 0 Å². The quantitative estimate of drug-likeness (QED) is 0.571. The van der Waals surface area contributed by atoms with Crippen molar-refractivity contribution in [1.29, 1.82) is 0 Å². The third-order valence-electron chi connectivity index (χ3n) is 2.53. The van der Waals surface area contributed by atoms with Gasteiger partial charge in [-0.15, -0.1) is 11.8 Å². The third-order valence-corrected chi connectivity index (χ3v) is 3.62. The number of hydrogen-bond donors (Lipinski definition) is 0. The van der Waals surface area contributed by atoms with E-state index in [4.69, 9.17) is 0 Å². The second kappa shape index (κ2) is 3.35. The van der Waals surface area contributed by atoms with Crippen LogP contribution in [-0.2, 0) is 6.54 Å². The molecule has 70 valence electrons. The molecule has 0 amide bonds. The van der Waals surface area contributed by atoms with Gasteiger partial charge in [-0.25, -0.2) is 0 Å². The molecular weight excluding hydrogens is 178 g/mol. The molecule has 0 saturated carbocycles. The van der Waals surface area contributed by atoms with E-state index in [1.807, 2.05) is 11.8 Å². The summed E-state index contributed by atoms with van der Waals surface area (Å²) in [4.78, 5) is 1.48.